The number of methoxy groups -OCH3 is 1. The van der Waals surface area contributed by atoms with Gasteiger partial charge in [-0.25, -0.2) is 14.8 Å². The number of rotatable bonds is 7. The molecule has 4 N–H and O–H groups in total. The Labute approximate surface area is 289 Å². The van der Waals surface area contributed by atoms with E-state index < -0.39 is 35.7 Å². The first-order valence-corrected chi connectivity index (χ1v) is 18.2. The highest BCUT2D eigenvalue weighted by Crippen LogP contribution is 2.45. The van der Waals surface area contributed by atoms with Crippen molar-refractivity contribution in [2.24, 2.45) is 5.92 Å². The summed E-state index contributed by atoms with van der Waals surface area (Å²) in [6.07, 6.45) is 11.2. The van der Waals surface area contributed by atoms with Crippen molar-refractivity contribution in [3.8, 4) is 22.9 Å². The van der Waals surface area contributed by atoms with Crippen LogP contribution in [0.15, 0.2) is 41.8 Å². The van der Waals surface area contributed by atoms with Crippen LogP contribution in [0.25, 0.3) is 22.3 Å². The molecule has 2 amide bonds. The fraction of sp³-hybridized carbons (Fsp3) is 0.528. The van der Waals surface area contributed by atoms with Crippen molar-refractivity contribution >= 4 is 45.2 Å². The second kappa shape index (κ2) is 13.9. The fourth-order valence-corrected chi connectivity index (χ4v) is 8.04. The summed E-state index contributed by atoms with van der Waals surface area (Å²) >= 11 is 1.31. The number of nitrogens with one attached hydrogen (secondary N) is 1. The summed E-state index contributed by atoms with van der Waals surface area (Å²) in [5.41, 5.74) is 6.34. The molecule has 5 unspecified atom stereocenters. The molecule has 3 aromatic rings. The number of carbonyl (C=O) groups excluding carboxylic acids is 2. The minimum Gasteiger partial charge on any atom is -0.497 e. The Balaban J connectivity index is 1.21. The molecule has 7 rings (SSSR count). The average Bonchev–Trinajstić information content (AvgIpc) is 3.51. The molecule has 12 nitrogen and oxygen atoms in total. The maximum Gasteiger partial charge on any atom is 0.330 e. The minimum absolute atomic E-state index is 0.0155. The van der Waals surface area contributed by atoms with Crippen LogP contribution in [-0.4, -0.2) is 81.3 Å². The van der Waals surface area contributed by atoms with Gasteiger partial charge >= 0.3 is 5.97 Å². The van der Waals surface area contributed by atoms with Crippen LogP contribution >= 0.6 is 11.3 Å². The molecule has 49 heavy (non-hydrogen) atoms. The Bertz CT molecular complexity index is 1760. The predicted molar refractivity (Wildman–Crippen MR) is 184 cm³/mol. The third-order valence-corrected chi connectivity index (χ3v) is 11.0. The molecular weight excluding hydrogens is 646 g/mol. The van der Waals surface area contributed by atoms with Gasteiger partial charge in [-0.3, -0.25) is 9.59 Å². The number of hydrogen-bond donors (Lipinski definition) is 3. The van der Waals surface area contributed by atoms with Crippen LogP contribution in [-0.2, 0) is 19.1 Å². The van der Waals surface area contributed by atoms with Gasteiger partial charge in [0.1, 0.15) is 41.0 Å². The van der Waals surface area contributed by atoms with Gasteiger partial charge in [-0.1, -0.05) is 37.8 Å². The molecule has 0 radical (unpaired) electrons. The molecule has 4 heterocycles. The number of benzene rings is 1. The van der Waals surface area contributed by atoms with E-state index in [-0.39, 0.29) is 30.9 Å². The summed E-state index contributed by atoms with van der Waals surface area (Å²) in [6, 6.07) is 6.38. The van der Waals surface area contributed by atoms with Crippen molar-refractivity contribution in [1.29, 1.82) is 0 Å². The Morgan fingerprint density at radius 3 is 2.63 bits per heavy atom. The van der Waals surface area contributed by atoms with Gasteiger partial charge in [0.2, 0.25) is 5.91 Å². The maximum absolute atomic E-state index is 14.4. The average molecular weight is 690 g/mol. The molecule has 2 saturated carbocycles. The van der Waals surface area contributed by atoms with E-state index in [1.54, 1.807) is 18.1 Å². The third-order valence-electron chi connectivity index (χ3n) is 10.3. The molecule has 3 fully saturated rings. The lowest BCUT2D eigenvalue weighted by atomic mass is 10.1. The van der Waals surface area contributed by atoms with Gasteiger partial charge in [0, 0.05) is 35.2 Å². The molecule has 1 saturated heterocycles. The Hall–Kier alpha value is -4.23. The van der Waals surface area contributed by atoms with Crippen molar-refractivity contribution in [1.82, 2.24) is 20.2 Å². The van der Waals surface area contributed by atoms with Gasteiger partial charge in [0.25, 0.3) is 5.91 Å². The fourth-order valence-electron chi connectivity index (χ4n) is 7.48. The highest BCUT2D eigenvalue weighted by atomic mass is 32.1. The van der Waals surface area contributed by atoms with Gasteiger partial charge in [-0.15, -0.1) is 11.3 Å². The van der Waals surface area contributed by atoms with Gasteiger partial charge in [-0.2, -0.15) is 0 Å². The van der Waals surface area contributed by atoms with E-state index >= 15 is 0 Å². The number of aromatic nitrogens is 2. The van der Waals surface area contributed by atoms with E-state index in [2.05, 4.69) is 10.3 Å². The molecule has 13 heteroatoms. The van der Waals surface area contributed by atoms with Gasteiger partial charge < -0.3 is 35.3 Å². The first kappa shape index (κ1) is 33.3. The van der Waals surface area contributed by atoms with Crippen LogP contribution in [0.5, 0.6) is 11.5 Å². The SMILES string of the molecule is COc1ccc2c(OC3CC4C(=O)NC5(C(=O)O)CC5/C=C/CCCCCC(OC5CCCC5)C(=O)N4C3)cc(-c3csc(N)n3)nc2c1. The number of carboxylic acid groups (broad SMARTS) is 1. The second-order valence-corrected chi connectivity index (χ2v) is 14.5. The third kappa shape index (κ3) is 6.96. The summed E-state index contributed by atoms with van der Waals surface area (Å²) in [6.45, 7) is 0.143. The highest BCUT2D eigenvalue weighted by molar-refractivity contribution is 7.13. The van der Waals surface area contributed by atoms with E-state index in [1.807, 2.05) is 35.7 Å². The normalized spacial score (nSPS) is 28.6. The van der Waals surface area contributed by atoms with Crippen molar-refractivity contribution in [2.45, 2.75) is 101 Å². The summed E-state index contributed by atoms with van der Waals surface area (Å²) in [7, 11) is 1.59. The first-order chi connectivity index (χ1) is 23.7. The van der Waals surface area contributed by atoms with Crippen molar-refractivity contribution in [3.63, 3.8) is 0 Å². The van der Waals surface area contributed by atoms with Crippen LogP contribution in [0.2, 0.25) is 0 Å². The van der Waals surface area contributed by atoms with Gasteiger partial charge in [0.05, 0.1) is 31.0 Å². The lowest BCUT2D eigenvalue weighted by molar-refractivity contribution is -0.153. The molecule has 0 bridgehead atoms. The van der Waals surface area contributed by atoms with E-state index in [0.29, 0.717) is 46.4 Å². The molecular formula is C36H43N5O7S. The Morgan fingerprint density at radius 1 is 1.06 bits per heavy atom. The van der Waals surface area contributed by atoms with E-state index in [9.17, 15) is 19.5 Å². The molecule has 2 aliphatic carbocycles. The quantitative estimate of drug-likeness (QED) is 0.284. The molecule has 2 aliphatic heterocycles. The number of nitrogens with zero attached hydrogens (tertiary/aromatic N) is 3. The minimum atomic E-state index is -1.38. The van der Waals surface area contributed by atoms with Crippen LogP contribution in [0.3, 0.4) is 0 Å². The first-order valence-electron chi connectivity index (χ1n) is 17.3. The lowest BCUT2D eigenvalue weighted by Gasteiger charge is -2.30. The number of carboxylic acids is 1. The zero-order valence-corrected chi connectivity index (χ0v) is 28.5. The summed E-state index contributed by atoms with van der Waals surface area (Å²) in [5, 5.41) is 16.0. The van der Waals surface area contributed by atoms with Gasteiger partial charge in [0.15, 0.2) is 5.13 Å². The van der Waals surface area contributed by atoms with Crippen LogP contribution in [0, 0.1) is 5.92 Å². The second-order valence-electron chi connectivity index (χ2n) is 13.6. The number of nitrogen functional groups attached to an aromatic ring is 1. The summed E-state index contributed by atoms with van der Waals surface area (Å²) < 4.78 is 18.6. The number of amides is 2. The molecule has 4 aliphatic rings. The summed E-state index contributed by atoms with van der Waals surface area (Å²) in [4.78, 5) is 51.8. The maximum atomic E-state index is 14.4. The predicted octanol–water partition coefficient (Wildman–Crippen LogP) is 5.11. The number of fused-ring (bicyclic) bond motifs is 3. The van der Waals surface area contributed by atoms with Crippen LogP contribution in [0.4, 0.5) is 5.13 Å². The van der Waals surface area contributed by atoms with Crippen molar-refractivity contribution in [3.05, 3.63) is 41.8 Å². The van der Waals surface area contributed by atoms with Crippen molar-refractivity contribution < 1.29 is 33.7 Å². The number of ether oxygens (including phenoxy) is 3. The van der Waals surface area contributed by atoms with E-state index in [0.717, 1.165) is 56.8 Å². The molecule has 5 atom stereocenters. The number of hydrogen-bond acceptors (Lipinski definition) is 10. The number of carbonyl (C=O) groups is 3. The largest absolute Gasteiger partial charge is 0.497 e. The molecule has 260 valence electrons. The van der Waals surface area contributed by atoms with Crippen LogP contribution in [0.1, 0.15) is 70.6 Å². The Kier molecular flexibility index (Phi) is 9.47. The number of anilines is 1. The number of thiazole rings is 1. The molecule has 2 aromatic heterocycles. The number of aliphatic carboxylic acids is 1. The zero-order valence-electron chi connectivity index (χ0n) is 27.6. The summed E-state index contributed by atoms with van der Waals surface area (Å²) in [5.74, 6) is -0.957. The zero-order chi connectivity index (χ0) is 34.1. The van der Waals surface area contributed by atoms with Gasteiger partial charge in [-0.05, 0) is 50.7 Å². The number of pyridine rings is 1. The lowest BCUT2D eigenvalue weighted by Crippen LogP contribution is -2.54. The number of nitrogens with two attached hydrogens (primary N) is 1. The van der Waals surface area contributed by atoms with Crippen molar-refractivity contribution in [2.75, 3.05) is 19.4 Å². The Morgan fingerprint density at radius 2 is 1.88 bits per heavy atom. The standard InChI is InChI=1S/C36H43N5O7S/c1-46-23-13-14-25-26(15-23)38-27(28-20-49-35(37)39-28)17-31(25)48-24-16-29-32(42)40-36(34(44)45)18-21(36)9-5-3-2-4-6-12-30(33(43)41(29)19-24)47-22-10-7-8-11-22/h5,9,13-15,17,20-22,24,29-30H,2-4,6-8,10-12,16,18-19H2,1H3,(H2,37,39)(H,40,42)(H,44,45)/b9-5+. The highest BCUT2D eigenvalue weighted by Gasteiger charge is 2.61. The van der Waals surface area contributed by atoms with Crippen LogP contribution < -0.4 is 20.5 Å². The monoisotopic (exact) mass is 689 g/mol. The molecule has 0 spiro atoms. The van der Waals surface area contributed by atoms with E-state index in [4.69, 9.17) is 24.9 Å². The number of allylic oxidation sites excluding steroid dienone is 1. The smallest absolute Gasteiger partial charge is 0.330 e. The van der Waals surface area contributed by atoms with E-state index in [1.165, 1.54) is 11.3 Å². The topological polar surface area (TPSA) is 166 Å². The molecule has 1 aromatic carbocycles.